The molecule has 6 rings (SSSR count). The highest BCUT2D eigenvalue weighted by Crippen LogP contribution is 2.38. The Morgan fingerprint density at radius 1 is 0.833 bits per heavy atom. The van der Waals surface area contributed by atoms with Gasteiger partial charge in [-0.15, -0.1) is 0 Å². The number of rotatable bonds is 4. The summed E-state index contributed by atoms with van der Waals surface area (Å²) in [6, 6.07) is 17.5. The molecule has 2 aromatic carbocycles. The van der Waals surface area contributed by atoms with E-state index in [4.69, 9.17) is 4.98 Å². The van der Waals surface area contributed by atoms with Crippen molar-refractivity contribution < 1.29 is 4.21 Å². The van der Waals surface area contributed by atoms with Crippen LogP contribution < -0.4 is 14.7 Å². The van der Waals surface area contributed by atoms with Crippen molar-refractivity contribution in [3.05, 3.63) is 71.4 Å². The maximum absolute atomic E-state index is 12.1. The van der Waals surface area contributed by atoms with E-state index in [1.807, 2.05) is 27.7 Å². The van der Waals surface area contributed by atoms with Crippen molar-refractivity contribution in [3.8, 4) is 6.07 Å². The number of allylic oxidation sites excluding steroid dienone is 1. The van der Waals surface area contributed by atoms with Crippen molar-refractivity contribution in [2.45, 2.75) is 47.6 Å². The first-order chi connectivity index (χ1) is 20.5. The van der Waals surface area contributed by atoms with Crippen LogP contribution in [0.15, 0.2) is 54.7 Å². The minimum atomic E-state index is -0.792. The third kappa shape index (κ3) is 6.42. The molecular formula is C34H46N6OS. The molecule has 0 spiro atoms. The van der Waals surface area contributed by atoms with Crippen molar-refractivity contribution in [1.29, 1.82) is 5.26 Å². The average Bonchev–Trinajstić information content (AvgIpc) is 3.05. The molecular weight excluding hydrogens is 540 g/mol. The Balaban J connectivity index is 0.000000972. The van der Waals surface area contributed by atoms with Gasteiger partial charge in [-0.2, -0.15) is 5.26 Å². The summed E-state index contributed by atoms with van der Waals surface area (Å²) in [5.74, 6) is 3.04. The lowest BCUT2D eigenvalue weighted by molar-refractivity contribution is 0.322. The Labute approximate surface area is 254 Å². The Morgan fingerprint density at radius 3 is 2.14 bits per heavy atom. The van der Waals surface area contributed by atoms with E-state index in [0.29, 0.717) is 36.7 Å². The molecule has 3 aliphatic heterocycles. The Hall–Kier alpha value is -3.57. The molecule has 0 bridgehead atoms. The summed E-state index contributed by atoms with van der Waals surface area (Å²) in [7, 11) is -0.792. The van der Waals surface area contributed by atoms with E-state index < -0.39 is 10.8 Å². The number of aromatic nitrogens is 1. The second kappa shape index (κ2) is 14.6. The van der Waals surface area contributed by atoms with Gasteiger partial charge in [-0.1, -0.05) is 70.7 Å². The summed E-state index contributed by atoms with van der Waals surface area (Å²) >= 11 is 0. The molecule has 8 heteroatoms. The summed E-state index contributed by atoms with van der Waals surface area (Å²) in [6.45, 7) is 20.7. The van der Waals surface area contributed by atoms with E-state index in [-0.39, 0.29) is 0 Å². The number of anilines is 3. The Kier molecular flexibility index (Phi) is 10.9. The number of hydrogen-bond acceptors (Lipinski definition) is 7. The highest BCUT2D eigenvalue weighted by atomic mass is 32.2. The zero-order valence-corrected chi connectivity index (χ0v) is 26.8. The molecule has 0 saturated carbocycles. The van der Waals surface area contributed by atoms with Gasteiger partial charge in [0, 0.05) is 97.0 Å². The molecule has 2 saturated heterocycles. The number of nitriles is 1. The largest absolute Gasteiger partial charge is 0.372 e. The van der Waals surface area contributed by atoms with Gasteiger partial charge >= 0.3 is 0 Å². The summed E-state index contributed by atoms with van der Waals surface area (Å²) < 4.78 is 12.1. The molecule has 0 radical (unpaired) electrons. The highest BCUT2D eigenvalue weighted by Gasteiger charge is 2.32. The van der Waals surface area contributed by atoms with Crippen LogP contribution in [-0.2, 0) is 23.8 Å². The summed E-state index contributed by atoms with van der Waals surface area (Å²) in [5, 5.41) is 12.9. The molecule has 0 aliphatic carbocycles. The second-order valence-corrected chi connectivity index (χ2v) is 12.1. The van der Waals surface area contributed by atoms with Gasteiger partial charge in [0.1, 0.15) is 17.7 Å². The molecule has 42 heavy (non-hydrogen) atoms. The van der Waals surface area contributed by atoms with Gasteiger partial charge in [0.25, 0.3) is 0 Å². The lowest BCUT2D eigenvalue weighted by Crippen LogP contribution is -2.47. The number of hydrogen-bond donors (Lipinski definition) is 0. The monoisotopic (exact) mass is 586 g/mol. The van der Waals surface area contributed by atoms with Crippen LogP contribution in [0.1, 0.15) is 51.3 Å². The van der Waals surface area contributed by atoms with E-state index in [1.54, 1.807) is 0 Å². The molecule has 2 fully saturated rings. The van der Waals surface area contributed by atoms with E-state index in [0.717, 1.165) is 62.0 Å². The standard InChI is InChI=1S/C30H34N6OS.2C2H6/c1-22(2)33-12-14-34(15-13-33)29-25-10-11-36(28-9-5-7-23-6-3-4-8-24(23)28)21-27(25)26(20-31)30(32-29)35-16-18-38(37)19-17-35;2*1-2/h3-9H,1,10-19,21H2,2H3;2*1-2H3. The quantitative estimate of drug-likeness (QED) is 0.375. The number of piperazine rings is 1. The van der Waals surface area contributed by atoms with E-state index in [9.17, 15) is 9.47 Å². The zero-order chi connectivity index (χ0) is 30.2. The predicted octanol–water partition coefficient (Wildman–Crippen LogP) is 5.95. The number of fused-ring (bicyclic) bond motifs is 2. The van der Waals surface area contributed by atoms with Crippen LogP contribution in [0.3, 0.4) is 0 Å². The van der Waals surface area contributed by atoms with Crippen molar-refractivity contribution in [3.63, 3.8) is 0 Å². The Morgan fingerprint density at radius 2 is 1.48 bits per heavy atom. The van der Waals surface area contributed by atoms with Gasteiger partial charge in [0.2, 0.25) is 0 Å². The van der Waals surface area contributed by atoms with Crippen LogP contribution in [0, 0.1) is 11.3 Å². The van der Waals surface area contributed by atoms with Crippen LogP contribution in [-0.4, -0.2) is 71.4 Å². The topological polar surface area (TPSA) is 66.7 Å². The molecule has 0 atom stereocenters. The summed E-state index contributed by atoms with van der Waals surface area (Å²) in [6.07, 6.45) is 0.848. The molecule has 224 valence electrons. The van der Waals surface area contributed by atoms with Gasteiger partial charge in [0.15, 0.2) is 0 Å². The van der Waals surface area contributed by atoms with Crippen molar-refractivity contribution in [1.82, 2.24) is 9.88 Å². The summed E-state index contributed by atoms with van der Waals surface area (Å²) in [5.41, 5.74) is 5.31. The van der Waals surface area contributed by atoms with Crippen LogP contribution >= 0.6 is 0 Å². The lowest BCUT2D eigenvalue weighted by Gasteiger charge is -2.40. The van der Waals surface area contributed by atoms with Crippen LogP contribution in [0.25, 0.3) is 10.8 Å². The maximum atomic E-state index is 12.1. The lowest BCUT2D eigenvalue weighted by atomic mass is 9.94. The third-order valence-corrected chi connectivity index (χ3v) is 9.44. The molecule has 3 aliphatic rings. The van der Waals surface area contributed by atoms with Gasteiger partial charge in [-0.25, -0.2) is 4.98 Å². The fourth-order valence-electron chi connectivity index (χ4n) is 6.05. The average molecular weight is 587 g/mol. The van der Waals surface area contributed by atoms with E-state index in [1.165, 1.54) is 22.0 Å². The third-order valence-electron chi connectivity index (χ3n) is 8.17. The van der Waals surface area contributed by atoms with Gasteiger partial charge in [0.05, 0.1) is 5.56 Å². The predicted molar refractivity (Wildman–Crippen MR) is 179 cm³/mol. The second-order valence-electron chi connectivity index (χ2n) is 10.4. The smallest absolute Gasteiger partial charge is 0.149 e. The minimum absolute atomic E-state index is 0.623. The highest BCUT2D eigenvalue weighted by molar-refractivity contribution is 7.85. The molecule has 1 aromatic heterocycles. The first-order valence-corrected chi connectivity index (χ1v) is 17.0. The minimum Gasteiger partial charge on any atom is -0.372 e. The normalized spacial score (nSPS) is 17.0. The fraction of sp³-hybridized carbons (Fsp3) is 0.471. The molecule has 7 nitrogen and oxygen atoms in total. The van der Waals surface area contributed by atoms with Gasteiger partial charge in [-0.3, -0.25) is 4.21 Å². The van der Waals surface area contributed by atoms with E-state index >= 15 is 0 Å². The van der Waals surface area contributed by atoms with Crippen molar-refractivity contribution in [2.75, 3.05) is 72.0 Å². The first kappa shape index (κ1) is 31.4. The van der Waals surface area contributed by atoms with Crippen LogP contribution in [0.5, 0.6) is 0 Å². The molecule has 0 N–H and O–H groups in total. The van der Waals surface area contributed by atoms with Crippen LogP contribution in [0.2, 0.25) is 0 Å². The number of benzene rings is 2. The van der Waals surface area contributed by atoms with E-state index in [2.05, 4.69) is 81.6 Å². The molecule has 4 heterocycles. The SMILES string of the molecule is C=C(C)N1CCN(c2nc(N3CCS(=O)CC3)c(C#N)c3c2CCN(c2cccc4ccccc24)C3)CC1.CC.CC. The molecule has 0 unspecified atom stereocenters. The number of pyridine rings is 1. The number of nitrogens with zero attached hydrogens (tertiary/aromatic N) is 6. The van der Waals surface area contributed by atoms with Crippen molar-refractivity contribution >= 4 is 38.9 Å². The summed E-state index contributed by atoms with van der Waals surface area (Å²) in [4.78, 5) is 14.6. The molecule has 0 amide bonds. The Bertz CT molecular complexity index is 1440. The van der Waals surface area contributed by atoms with Gasteiger partial charge in [-0.05, 0) is 30.4 Å². The van der Waals surface area contributed by atoms with Crippen LogP contribution in [0.4, 0.5) is 17.3 Å². The first-order valence-electron chi connectivity index (χ1n) is 15.5. The zero-order valence-electron chi connectivity index (χ0n) is 26.0. The fourth-order valence-corrected chi connectivity index (χ4v) is 7.10. The van der Waals surface area contributed by atoms with Crippen molar-refractivity contribution in [2.24, 2.45) is 0 Å². The van der Waals surface area contributed by atoms with Gasteiger partial charge < -0.3 is 19.6 Å². The maximum Gasteiger partial charge on any atom is 0.149 e. The molecule has 3 aromatic rings.